The molecule has 1 heterocycles. The Balaban J connectivity index is 2.40. The van der Waals surface area contributed by atoms with Crippen LogP contribution in [0.3, 0.4) is 0 Å². The van der Waals surface area contributed by atoms with Crippen LogP contribution in [0.2, 0.25) is 0 Å². The average molecular weight is 324 g/mol. The Labute approximate surface area is 148 Å². The average Bonchev–Trinajstić information content (AvgIpc) is 2.45. The molecular formula is C23H33N. The van der Waals surface area contributed by atoms with Crippen molar-refractivity contribution in [1.29, 1.82) is 0 Å². The molecule has 0 N–H and O–H groups in total. The Morgan fingerprint density at radius 1 is 0.750 bits per heavy atom. The molecule has 0 spiro atoms. The van der Waals surface area contributed by atoms with E-state index in [0.29, 0.717) is 5.41 Å². The molecule has 0 bridgehead atoms. The summed E-state index contributed by atoms with van der Waals surface area (Å²) in [7, 11) is 0. The highest BCUT2D eigenvalue weighted by Crippen LogP contribution is 2.41. The second-order valence-corrected chi connectivity index (χ2v) is 9.59. The number of pyridine rings is 1. The molecule has 2 aromatic rings. The highest BCUT2D eigenvalue weighted by molar-refractivity contribution is 5.39. The van der Waals surface area contributed by atoms with Crippen molar-refractivity contribution in [3.05, 3.63) is 65.5 Å². The summed E-state index contributed by atoms with van der Waals surface area (Å²) in [5.74, 6) is 0. The fourth-order valence-corrected chi connectivity index (χ4v) is 4.19. The van der Waals surface area contributed by atoms with Gasteiger partial charge >= 0.3 is 0 Å². The third-order valence-electron chi connectivity index (χ3n) is 4.73. The fourth-order valence-electron chi connectivity index (χ4n) is 4.19. The second kappa shape index (κ2) is 6.70. The molecule has 1 aromatic heterocycles. The van der Waals surface area contributed by atoms with E-state index in [4.69, 9.17) is 0 Å². The van der Waals surface area contributed by atoms with Crippen LogP contribution in [0.25, 0.3) is 0 Å². The number of benzene rings is 1. The minimum Gasteiger partial charge on any atom is -0.264 e. The molecule has 0 amide bonds. The summed E-state index contributed by atoms with van der Waals surface area (Å²) >= 11 is 0. The zero-order chi connectivity index (χ0) is 18.0. The molecule has 0 fully saturated rings. The molecule has 1 heteroatoms. The Bertz CT molecular complexity index is 660. The Hall–Kier alpha value is -1.63. The minimum atomic E-state index is 0.0782. The number of hydrogen-bond acceptors (Lipinski definition) is 1. The van der Waals surface area contributed by atoms with Crippen molar-refractivity contribution in [2.75, 3.05) is 0 Å². The first kappa shape index (κ1) is 18.7. The lowest BCUT2D eigenvalue weighted by atomic mass is 9.67. The number of nitrogens with zero attached hydrogens (tertiary/aromatic N) is 1. The first-order chi connectivity index (χ1) is 11.0. The molecule has 24 heavy (non-hydrogen) atoms. The Morgan fingerprint density at radius 3 is 1.83 bits per heavy atom. The van der Waals surface area contributed by atoms with Gasteiger partial charge in [-0.15, -0.1) is 0 Å². The number of rotatable bonds is 5. The van der Waals surface area contributed by atoms with E-state index in [9.17, 15) is 0 Å². The maximum Gasteiger partial charge on any atom is 0.0300 e. The van der Waals surface area contributed by atoms with Gasteiger partial charge in [-0.25, -0.2) is 0 Å². The highest BCUT2D eigenvalue weighted by atomic mass is 14.6. The fraction of sp³-hybridized carbons (Fsp3) is 0.522. The van der Waals surface area contributed by atoms with Gasteiger partial charge in [0, 0.05) is 12.4 Å². The van der Waals surface area contributed by atoms with Gasteiger partial charge in [0.15, 0.2) is 0 Å². The number of aromatic nitrogens is 1. The van der Waals surface area contributed by atoms with Crippen LogP contribution in [-0.4, -0.2) is 4.98 Å². The van der Waals surface area contributed by atoms with Gasteiger partial charge in [0.25, 0.3) is 0 Å². The van der Waals surface area contributed by atoms with Crippen molar-refractivity contribution in [1.82, 2.24) is 4.98 Å². The van der Waals surface area contributed by atoms with E-state index in [2.05, 4.69) is 83.8 Å². The Morgan fingerprint density at radius 2 is 1.33 bits per heavy atom. The third kappa shape index (κ3) is 4.69. The molecule has 0 radical (unpaired) electrons. The highest BCUT2D eigenvalue weighted by Gasteiger charge is 2.33. The van der Waals surface area contributed by atoms with E-state index < -0.39 is 0 Å². The molecule has 0 aliphatic heterocycles. The monoisotopic (exact) mass is 323 g/mol. The SMILES string of the molecule is CC(C)(C)CC(C)(C)c1ccccc1C(C)(C)Cc1cccnc1. The van der Waals surface area contributed by atoms with E-state index >= 15 is 0 Å². The summed E-state index contributed by atoms with van der Waals surface area (Å²) in [5.41, 5.74) is 4.78. The molecule has 0 saturated carbocycles. The van der Waals surface area contributed by atoms with Gasteiger partial charge in [-0.2, -0.15) is 0 Å². The van der Waals surface area contributed by atoms with Gasteiger partial charge in [-0.05, 0) is 51.8 Å². The summed E-state index contributed by atoms with van der Waals surface area (Å²) < 4.78 is 0. The lowest BCUT2D eigenvalue weighted by Crippen LogP contribution is -2.30. The maximum atomic E-state index is 4.28. The van der Waals surface area contributed by atoms with Crippen molar-refractivity contribution >= 4 is 0 Å². The van der Waals surface area contributed by atoms with E-state index in [1.165, 1.54) is 23.1 Å². The molecular weight excluding hydrogens is 290 g/mol. The number of hydrogen-bond donors (Lipinski definition) is 0. The molecule has 2 rings (SSSR count). The standard InChI is InChI=1S/C23H33N/c1-21(2,3)17-23(6,7)20-13-9-8-12-19(20)22(4,5)15-18-11-10-14-24-16-18/h8-14,16H,15,17H2,1-7H3. The van der Waals surface area contributed by atoms with Crippen LogP contribution in [0.15, 0.2) is 48.8 Å². The topological polar surface area (TPSA) is 12.9 Å². The zero-order valence-electron chi connectivity index (χ0n) is 16.5. The van der Waals surface area contributed by atoms with Crippen LogP contribution in [0.4, 0.5) is 0 Å². The quantitative estimate of drug-likeness (QED) is 0.627. The summed E-state index contributed by atoms with van der Waals surface area (Å²) in [4.78, 5) is 4.28. The predicted molar refractivity (Wildman–Crippen MR) is 105 cm³/mol. The lowest BCUT2D eigenvalue weighted by molar-refractivity contribution is 0.280. The second-order valence-electron chi connectivity index (χ2n) is 9.59. The summed E-state index contributed by atoms with van der Waals surface area (Å²) in [6.45, 7) is 16.5. The zero-order valence-corrected chi connectivity index (χ0v) is 16.5. The summed E-state index contributed by atoms with van der Waals surface area (Å²) in [5, 5.41) is 0. The van der Waals surface area contributed by atoms with Gasteiger partial charge < -0.3 is 0 Å². The van der Waals surface area contributed by atoms with Crippen molar-refractivity contribution in [3.63, 3.8) is 0 Å². The minimum absolute atomic E-state index is 0.0782. The molecule has 130 valence electrons. The predicted octanol–water partition coefficient (Wildman–Crippen LogP) is 6.32. The smallest absolute Gasteiger partial charge is 0.0300 e. The molecule has 1 nitrogen and oxygen atoms in total. The molecule has 0 aliphatic rings. The third-order valence-corrected chi connectivity index (χ3v) is 4.73. The van der Waals surface area contributed by atoms with Gasteiger partial charge in [0.05, 0.1) is 0 Å². The van der Waals surface area contributed by atoms with Crippen LogP contribution in [-0.2, 0) is 17.3 Å². The molecule has 0 saturated heterocycles. The summed E-state index contributed by atoms with van der Waals surface area (Å²) in [6, 6.07) is 13.2. The lowest BCUT2D eigenvalue weighted by Gasteiger charge is -2.38. The van der Waals surface area contributed by atoms with E-state index in [0.717, 1.165) is 6.42 Å². The van der Waals surface area contributed by atoms with Crippen LogP contribution >= 0.6 is 0 Å². The summed E-state index contributed by atoms with van der Waals surface area (Å²) in [6.07, 6.45) is 6.00. The largest absolute Gasteiger partial charge is 0.264 e. The van der Waals surface area contributed by atoms with Crippen molar-refractivity contribution in [2.45, 2.75) is 72.1 Å². The first-order valence-electron chi connectivity index (χ1n) is 9.00. The Kier molecular flexibility index (Phi) is 5.22. The van der Waals surface area contributed by atoms with Gasteiger partial charge in [-0.1, -0.05) is 78.8 Å². The van der Waals surface area contributed by atoms with Crippen molar-refractivity contribution in [2.24, 2.45) is 5.41 Å². The van der Waals surface area contributed by atoms with Crippen LogP contribution in [0.1, 0.15) is 71.6 Å². The maximum absolute atomic E-state index is 4.28. The molecule has 0 aliphatic carbocycles. The van der Waals surface area contributed by atoms with Gasteiger partial charge in [-0.3, -0.25) is 4.98 Å². The van der Waals surface area contributed by atoms with E-state index in [-0.39, 0.29) is 10.8 Å². The first-order valence-corrected chi connectivity index (χ1v) is 9.00. The van der Waals surface area contributed by atoms with Gasteiger partial charge in [0.1, 0.15) is 0 Å². The van der Waals surface area contributed by atoms with E-state index in [1.807, 2.05) is 18.5 Å². The van der Waals surface area contributed by atoms with Gasteiger partial charge in [0.2, 0.25) is 0 Å². The molecule has 0 unspecified atom stereocenters. The van der Waals surface area contributed by atoms with Crippen LogP contribution < -0.4 is 0 Å². The van der Waals surface area contributed by atoms with Crippen LogP contribution in [0.5, 0.6) is 0 Å². The van der Waals surface area contributed by atoms with Crippen LogP contribution in [0, 0.1) is 5.41 Å². The van der Waals surface area contributed by atoms with Crippen molar-refractivity contribution in [3.8, 4) is 0 Å². The molecule has 0 atom stereocenters. The van der Waals surface area contributed by atoms with E-state index in [1.54, 1.807) is 0 Å². The van der Waals surface area contributed by atoms with Crippen molar-refractivity contribution < 1.29 is 0 Å². The normalized spacial score (nSPS) is 13.1. The molecule has 1 aromatic carbocycles.